The van der Waals surface area contributed by atoms with E-state index in [-0.39, 0.29) is 5.56 Å². The van der Waals surface area contributed by atoms with Crippen LogP contribution in [0.3, 0.4) is 0 Å². The van der Waals surface area contributed by atoms with Gasteiger partial charge in [0.15, 0.2) is 0 Å². The molecule has 0 fully saturated rings. The molecule has 1 heterocycles. The molecule has 0 spiro atoms. The predicted octanol–water partition coefficient (Wildman–Crippen LogP) is 4.76. The zero-order valence-corrected chi connectivity index (χ0v) is 16.2. The second-order valence-corrected chi connectivity index (χ2v) is 7.18. The molecule has 0 saturated heterocycles. The average Bonchev–Trinajstić information content (AvgIpc) is 2.57. The van der Waals surface area contributed by atoms with Crippen LogP contribution in [0.2, 0.25) is 0 Å². The Bertz CT molecular complexity index is 962. The maximum atomic E-state index is 12.8. The summed E-state index contributed by atoms with van der Waals surface area (Å²) in [5, 5.41) is 4.94. The number of aromatic nitrogens is 2. The van der Waals surface area contributed by atoms with Crippen LogP contribution in [0.1, 0.15) is 24.7 Å². The number of aryl methyl sites for hydroxylation is 1. The molecule has 0 bridgehead atoms. The van der Waals surface area contributed by atoms with Gasteiger partial charge in [-0.25, -0.2) is 4.98 Å². The lowest BCUT2D eigenvalue weighted by Crippen LogP contribution is -2.22. The second-order valence-electron chi connectivity index (χ2n) is 5.35. The van der Waals surface area contributed by atoms with E-state index in [4.69, 9.17) is 0 Å². The van der Waals surface area contributed by atoms with E-state index in [1.165, 1.54) is 4.68 Å². The standard InChI is InChI=1S/C18H15Br2N3O/c1-2-3-17-22-16-9-8-14(20)10-15(16)18(24)23(17)21-11-12-4-6-13(19)7-5-12/h4-11H,2-3H2,1H3. The first-order valence-corrected chi connectivity index (χ1v) is 9.18. The monoisotopic (exact) mass is 447 g/mol. The highest BCUT2D eigenvalue weighted by atomic mass is 79.9. The molecule has 0 amide bonds. The SMILES string of the molecule is CCCc1nc2ccc(Br)cc2c(=O)n1N=Cc1ccc(Br)cc1. The van der Waals surface area contributed by atoms with Crippen LogP contribution in [-0.4, -0.2) is 15.9 Å². The van der Waals surface area contributed by atoms with Gasteiger partial charge in [0.1, 0.15) is 5.82 Å². The number of benzene rings is 2. The molecule has 0 aliphatic rings. The van der Waals surface area contributed by atoms with Crippen LogP contribution in [0.4, 0.5) is 0 Å². The Morgan fingerprint density at radius 3 is 2.54 bits per heavy atom. The summed E-state index contributed by atoms with van der Waals surface area (Å²) in [6.45, 7) is 2.06. The van der Waals surface area contributed by atoms with Crippen molar-refractivity contribution < 1.29 is 0 Å². The molecule has 0 N–H and O–H groups in total. The van der Waals surface area contributed by atoms with E-state index < -0.39 is 0 Å². The van der Waals surface area contributed by atoms with Crippen molar-refractivity contribution >= 4 is 49.0 Å². The van der Waals surface area contributed by atoms with Crippen molar-refractivity contribution in [2.45, 2.75) is 19.8 Å². The van der Waals surface area contributed by atoms with Gasteiger partial charge in [-0.15, -0.1) is 0 Å². The highest BCUT2D eigenvalue weighted by Crippen LogP contribution is 2.16. The molecule has 3 rings (SSSR count). The number of rotatable bonds is 4. The van der Waals surface area contributed by atoms with Gasteiger partial charge in [-0.2, -0.15) is 9.78 Å². The molecule has 6 heteroatoms. The lowest BCUT2D eigenvalue weighted by atomic mass is 10.2. The summed E-state index contributed by atoms with van der Waals surface area (Å²) in [5.74, 6) is 0.672. The number of fused-ring (bicyclic) bond motifs is 1. The lowest BCUT2D eigenvalue weighted by Gasteiger charge is -2.08. The van der Waals surface area contributed by atoms with Gasteiger partial charge in [-0.05, 0) is 42.3 Å². The quantitative estimate of drug-likeness (QED) is 0.540. The van der Waals surface area contributed by atoms with Crippen LogP contribution in [-0.2, 0) is 6.42 Å². The fourth-order valence-corrected chi connectivity index (χ4v) is 3.00. The first-order chi connectivity index (χ1) is 11.6. The third-order valence-corrected chi connectivity index (χ3v) is 4.56. The van der Waals surface area contributed by atoms with E-state index in [2.05, 4.69) is 48.9 Å². The van der Waals surface area contributed by atoms with Crippen molar-refractivity contribution in [2.75, 3.05) is 0 Å². The van der Waals surface area contributed by atoms with Crippen molar-refractivity contribution in [1.29, 1.82) is 0 Å². The van der Waals surface area contributed by atoms with Crippen molar-refractivity contribution in [1.82, 2.24) is 9.66 Å². The summed E-state index contributed by atoms with van der Waals surface area (Å²) in [6.07, 6.45) is 3.26. The van der Waals surface area contributed by atoms with Crippen molar-refractivity contribution in [3.05, 3.63) is 73.2 Å². The van der Waals surface area contributed by atoms with E-state index in [9.17, 15) is 4.79 Å². The van der Waals surface area contributed by atoms with E-state index >= 15 is 0 Å². The van der Waals surface area contributed by atoms with Crippen LogP contribution >= 0.6 is 31.9 Å². The third-order valence-electron chi connectivity index (χ3n) is 3.54. The third kappa shape index (κ3) is 3.65. The van der Waals surface area contributed by atoms with Crippen LogP contribution in [0.5, 0.6) is 0 Å². The van der Waals surface area contributed by atoms with E-state index in [0.29, 0.717) is 23.1 Å². The summed E-state index contributed by atoms with van der Waals surface area (Å²) in [6, 6.07) is 13.3. The van der Waals surface area contributed by atoms with Gasteiger partial charge < -0.3 is 0 Å². The first-order valence-electron chi connectivity index (χ1n) is 7.59. The molecule has 4 nitrogen and oxygen atoms in total. The topological polar surface area (TPSA) is 47.2 Å². The van der Waals surface area contributed by atoms with Gasteiger partial charge in [0, 0.05) is 15.4 Å². The molecule has 0 unspecified atom stereocenters. The van der Waals surface area contributed by atoms with E-state index in [0.717, 1.165) is 20.9 Å². The van der Waals surface area contributed by atoms with Gasteiger partial charge in [-0.3, -0.25) is 4.79 Å². The highest BCUT2D eigenvalue weighted by Gasteiger charge is 2.10. The molecular weight excluding hydrogens is 434 g/mol. The summed E-state index contributed by atoms with van der Waals surface area (Å²) in [4.78, 5) is 17.4. The fraction of sp³-hybridized carbons (Fsp3) is 0.167. The normalized spacial score (nSPS) is 11.5. The fourth-order valence-electron chi connectivity index (χ4n) is 2.37. The summed E-state index contributed by atoms with van der Waals surface area (Å²) < 4.78 is 3.25. The van der Waals surface area contributed by atoms with E-state index in [1.807, 2.05) is 36.4 Å². The van der Waals surface area contributed by atoms with Crippen molar-refractivity contribution in [3.8, 4) is 0 Å². The number of nitrogens with zero attached hydrogens (tertiary/aromatic N) is 3. The Hall–Kier alpha value is -1.79. The molecule has 122 valence electrons. The van der Waals surface area contributed by atoms with Gasteiger partial charge in [0.2, 0.25) is 0 Å². The van der Waals surface area contributed by atoms with Crippen LogP contribution in [0.15, 0.2) is 61.3 Å². The van der Waals surface area contributed by atoms with Crippen LogP contribution < -0.4 is 5.56 Å². The highest BCUT2D eigenvalue weighted by molar-refractivity contribution is 9.10. The maximum Gasteiger partial charge on any atom is 0.282 e. The maximum absolute atomic E-state index is 12.8. The molecule has 0 aliphatic carbocycles. The van der Waals surface area contributed by atoms with Gasteiger partial charge in [0.05, 0.1) is 17.1 Å². The Morgan fingerprint density at radius 1 is 1.12 bits per heavy atom. The summed E-state index contributed by atoms with van der Waals surface area (Å²) >= 11 is 6.81. The molecule has 0 aliphatic heterocycles. The lowest BCUT2D eigenvalue weighted by molar-refractivity contribution is 0.704. The molecule has 0 radical (unpaired) electrons. The largest absolute Gasteiger partial charge is 0.282 e. The number of hydrogen-bond acceptors (Lipinski definition) is 3. The smallest absolute Gasteiger partial charge is 0.267 e. The molecule has 1 aromatic heterocycles. The minimum Gasteiger partial charge on any atom is -0.267 e. The number of hydrogen-bond donors (Lipinski definition) is 0. The Kier molecular flexibility index (Phi) is 5.26. The molecule has 0 saturated carbocycles. The molecule has 2 aromatic carbocycles. The minimum atomic E-state index is -0.155. The van der Waals surface area contributed by atoms with Crippen LogP contribution in [0.25, 0.3) is 10.9 Å². The van der Waals surface area contributed by atoms with Crippen molar-refractivity contribution in [3.63, 3.8) is 0 Å². The van der Waals surface area contributed by atoms with Gasteiger partial charge in [0.25, 0.3) is 5.56 Å². The van der Waals surface area contributed by atoms with E-state index in [1.54, 1.807) is 12.3 Å². The Labute approximate surface area is 156 Å². The molecule has 0 atom stereocenters. The minimum absolute atomic E-state index is 0.155. The molecule has 24 heavy (non-hydrogen) atoms. The first kappa shape index (κ1) is 17.0. The average molecular weight is 449 g/mol. The Morgan fingerprint density at radius 2 is 1.83 bits per heavy atom. The van der Waals surface area contributed by atoms with Gasteiger partial charge in [-0.1, -0.05) is 50.9 Å². The predicted molar refractivity (Wildman–Crippen MR) is 105 cm³/mol. The molecular formula is C18H15Br2N3O. The Balaban J connectivity index is 2.13. The van der Waals surface area contributed by atoms with Crippen molar-refractivity contribution in [2.24, 2.45) is 5.10 Å². The summed E-state index contributed by atoms with van der Waals surface area (Å²) in [5.41, 5.74) is 1.46. The summed E-state index contributed by atoms with van der Waals surface area (Å²) in [7, 11) is 0. The van der Waals surface area contributed by atoms with Crippen LogP contribution in [0, 0.1) is 0 Å². The van der Waals surface area contributed by atoms with Gasteiger partial charge >= 0.3 is 0 Å². The molecule has 3 aromatic rings. The second kappa shape index (κ2) is 7.40. The zero-order valence-electron chi connectivity index (χ0n) is 13.0. The zero-order chi connectivity index (χ0) is 17.1. The number of halogens is 2.